The molecule has 0 N–H and O–H groups in total. The Morgan fingerprint density at radius 2 is 1.67 bits per heavy atom. The van der Waals surface area contributed by atoms with Gasteiger partial charge in [0.2, 0.25) is 0 Å². The molecule has 51 heavy (non-hydrogen) atoms. The molecule has 3 aromatic carbocycles. The molecule has 0 radical (unpaired) electrons. The molecule has 0 saturated heterocycles. The molecule has 1 aliphatic carbocycles. The summed E-state index contributed by atoms with van der Waals surface area (Å²) in [6.07, 6.45) is 4.13. The largest absolute Gasteiger partial charge is 0.461 e. The van der Waals surface area contributed by atoms with Crippen molar-refractivity contribution in [2.45, 2.75) is 63.9 Å². The summed E-state index contributed by atoms with van der Waals surface area (Å²) in [6.45, 7) is 3.40. The van der Waals surface area contributed by atoms with E-state index in [-0.39, 0.29) is 71.2 Å². The lowest BCUT2D eigenvalue weighted by molar-refractivity contribution is -0.146. The Kier molecular flexibility index (Phi) is 10.6. The average Bonchev–Trinajstić information content (AvgIpc) is 3.50. The van der Waals surface area contributed by atoms with E-state index in [4.69, 9.17) is 9.47 Å². The second kappa shape index (κ2) is 15.1. The Labute approximate surface area is 293 Å². The topological polar surface area (TPSA) is 117 Å². The third-order valence-corrected chi connectivity index (χ3v) is 10.7. The highest BCUT2D eigenvalue weighted by atomic mass is 32.2. The summed E-state index contributed by atoms with van der Waals surface area (Å²) in [6, 6.07) is 16.7. The number of halogens is 3. The van der Waals surface area contributed by atoms with Crippen LogP contribution in [0.1, 0.15) is 66.3 Å². The number of ether oxygens (including phenoxy) is 2. The minimum Gasteiger partial charge on any atom is -0.461 e. The summed E-state index contributed by atoms with van der Waals surface area (Å²) in [5, 5.41) is -0.192. The second-order valence-electron chi connectivity index (χ2n) is 12.8. The second-order valence-corrected chi connectivity index (χ2v) is 14.6. The van der Waals surface area contributed by atoms with Crippen molar-refractivity contribution >= 4 is 32.9 Å². The third kappa shape index (κ3) is 7.83. The summed E-state index contributed by atoms with van der Waals surface area (Å²) in [5.41, 5.74) is 0.252. The highest BCUT2D eigenvalue weighted by Gasteiger charge is 2.31. The number of nitrogens with zero attached hydrogens (tertiary/aromatic N) is 3. The van der Waals surface area contributed by atoms with Crippen molar-refractivity contribution in [3.63, 3.8) is 0 Å². The molecule has 1 saturated carbocycles. The maximum atomic E-state index is 16.0. The number of benzene rings is 3. The molecule has 1 aliphatic rings. The minimum atomic E-state index is -4.42. The van der Waals surface area contributed by atoms with Gasteiger partial charge in [-0.3, -0.25) is 4.79 Å². The minimum absolute atomic E-state index is 0.0168. The Hall–Kier alpha value is -5.04. The Morgan fingerprint density at radius 1 is 0.941 bits per heavy atom. The van der Waals surface area contributed by atoms with Crippen molar-refractivity contribution < 1.29 is 40.7 Å². The molecule has 9 nitrogen and oxygen atoms in total. The molecule has 2 aromatic heterocycles. The maximum Gasteiger partial charge on any atom is 0.360 e. The van der Waals surface area contributed by atoms with Gasteiger partial charge in [0.1, 0.15) is 17.9 Å². The van der Waals surface area contributed by atoms with E-state index < -0.39 is 44.7 Å². The van der Waals surface area contributed by atoms with Crippen molar-refractivity contribution in [1.82, 2.24) is 13.9 Å². The molecular formula is C38H36F3N3O6S. The van der Waals surface area contributed by atoms with E-state index in [1.807, 2.05) is 30.3 Å². The molecule has 0 spiro atoms. The van der Waals surface area contributed by atoms with Crippen molar-refractivity contribution in [3.8, 4) is 11.4 Å². The standard InChI is InChI=1S/C38H36F3N3O6S/c1-3-49-38(46)35-34(41)32(17-25-10-7-11-26(16-25)18-33(45)50-22-24-8-5-4-6-9-24)42-37(43-35)30-21-44(36-29(30)19-27(39)20-31(36)40)51(47,48)28-14-12-23(2)13-15-28/h4-6,8-9,12-15,19-21,25-26H,3,7,10-11,16-18,22H2,1-2H3/t25-,26+/m1/s1. The van der Waals surface area contributed by atoms with Gasteiger partial charge in [-0.15, -0.1) is 0 Å². The number of carbonyl (C=O) groups is 2. The van der Waals surface area contributed by atoms with Crippen LogP contribution in [0.15, 0.2) is 77.8 Å². The average molecular weight is 720 g/mol. The summed E-state index contributed by atoms with van der Waals surface area (Å²) in [5.74, 6) is -5.01. The zero-order valence-electron chi connectivity index (χ0n) is 28.1. The SMILES string of the molecule is CCOC(=O)c1nc(-c2cn(S(=O)(=O)c3ccc(C)cc3)c3c(F)cc(F)cc23)nc(C[C@@H]2CCC[C@H](CC(=O)OCc3ccccc3)C2)c1F. The molecule has 266 valence electrons. The zero-order chi connectivity index (χ0) is 36.3. The number of esters is 2. The van der Waals surface area contributed by atoms with Gasteiger partial charge in [0.25, 0.3) is 10.0 Å². The van der Waals surface area contributed by atoms with Gasteiger partial charge in [0.15, 0.2) is 23.2 Å². The van der Waals surface area contributed by atoms with E-state index >= 15 is 8.78 Å². The van der Waals surface area contributed by atoms with Gasteiger partial charge < -0.3 is 9.47 Å². The highest BCUT2D eigenvalue weighted by molar-refractivity contribution is 7.90. The molecule has 0 amide bonds. The summed E-state index contributed by atoms with van der Waals surface area (Å²) >= 11 is 0. The Bertz CT molecular complexity index is 2190. The maximum absolute atomic E-state index is 16.0. The summed E-state index contributed by atoms with van der Waals surface area (Å²) < 4.78 is 85.0. The molecule has 13 heteroatoms. The number of hydrogen-bond acceptors (Lipinski definition) is 8. The van der Waals surface area contributed by atoms with E-state index in [1.54, 1.807) is 26.0 Å². The Morgan fingerprint density at radius 3 is 2.39 bits per heavy atom. The fourth-order valence-electron chi connectivity index (χ4n) is 6.60. The van der Waals surface area contributed by atoms with Crippen molar-refractivity contribution in [1.29, 1.82) is 0 Å². The van der Waals surface area contributed by atoms with Crippen molar-refractivity contribution in [3.05, 3.63) is 113 Å². The number of aryl methyl sites for hydroxylation is 1. The van der Waals surface area contributed by atoms with Gasteiger partial charge in [-0.2, -0.15) is 0 Å². The number of fused-ring (bicyclic) bond motifs is 1. The van der Waals surface area contributed by atoms with Gasteiger partial charge in [-0.1, -0.05) is 60.9 Å². The third-order valence-electron chi connectivity index (χ3n) is 9.06. The molecular weight excluding hydrogens is 683 g/mol. The lowest BCUT2D eigenvalue weighted by atomic mass is 9.78. The van der Waals surface area contributed by atoms with Gasteiger partial charge in [0.05, 0.1) is 17.2 Å². The van der Waals surface area contributed by atoms with Gasteiger partial charge >= 0.3 is 11.9 Å². The molecule has 0 aliphatic heterocycles. The molecule has 2 heterocycles. The van der Waals surface area contributed by atoms with Crippen LogP contribution in [0.2, 0.25) is 0 Å². The molecule has 2 atom stereocenters. The molecule has 0 unspecified atom stereocenters. The van der Waals surface area contributed by atoms with Gasteiger partial charge in [-0.25, -0.2) is 40.3 Å². The summed E-state index contributed by atoms with van der Waals surface area (Å²) in [4.78, 5) is 34.0. The predicted octanol–water partition coefficient (Wildman–Crippen LogP) is 7.72. The number of aromatic nitrogens is 3. The van der Waals surface area contributed by atoms with Crippen LogP contribution in [0, 0.1) is 36.2 Å². The van der Waals surface area contributed by atoms with Crippen LogP contribution in [0.25, 0.3) is 22.3 Å². The first-order valence-electron chi connectivity index (χ1n) is 16.7. The first-order valence-corrected chi connectivity index (χ1v) is 18.1. The van der Waals surface area contributed by atoms with Crippen LogP contribution in [0.4, 0.5) is 13.2 Å². The molecule has 6 rings (SSSR count). The number of hydrogen-bond donors (Lipinski definition) is 0. The molecule has 5 aromatic rings. The first kappa shape index (κ1) is 35.8. The van der Waals surface area contributed by atoms with E-state index in [2.05, 4.69) is 9.97 Å². The van der Waals surface area contributed by atoms with Crippen LogP contribution in [0.5, 0.6) is 0 Å². The van der Waals surface area contributed by atoms with Crippen LogP contribution < -0.4 is 0 Å². The quantitative estimate of drug-likeness (QED) is 0.127. The zero-order valence-corrected chi connectivity index (χ0v) is 28.9. The van der Waals surface area contributed by atoms with Crippen LogP contribution in [-0.4, -0.2) is 40.9 Å². The van der Waals surface area contributed by atoms with Gasteiger partial charge in [-0.05, 0) is 68.7 Å². The van der Waals surface area contributed by atoms with Crippen LogP contribution in [0.3, 0.4) is 0 Å². The van der Waals surface area contributed by atoms with Gasteiger partial charge in [0, 0.05) is 29.6 Å². The fourth-order valence-corrected chi connectivity index (χ4v) is 7.98. The van der Waals surface area contributed by atoms with Crippen molar-refractivity contribution in [2.24, 2.45) is 11.8 Å². The Balaban J connectivity index is 1.35. The fraction of sp³-hybridized carbons (Fsp3) is 0.316. The highest BCUT2D eigenvalue weighted by Crippen LogP contribution is 2.37. The van der Waals surface area contributed by atoms with E-state index in [0.29, 0.717) is 22.9 Å². The smallest absolute Gasteiger partial charge is 0.360 e. The lowest BCUT2D eigenvalue weighted by Crippen LogP contribution is -2.22. The van der Waals surface area contributed by atoms with Crippen molar-refractivity contribution in [2.75, 3.05) is 6.61 Å². The first-order chi connectivity index (χ1) is 24.4. The predicted molar refractivity (Wildman–Crippen MR) is 183 cm³/mol. The normalized spacial score (nSPS) is 16.3. The van der Waals surface area contributed by atoms with E-state index in [1.165, 1.54) is 12.1 Å². The monoisotopic (exact) mass is 719 g/mol. The summed E-state index contributed by atoms with van der Waals surface area (Å²) in [7, 11) is -4.42. The van der Waals surface area contributed by atoms with Crippen LogP contribution in [-0.2, 0) is 37.3 Å². The molecule has 0 bridgehead atoms. The van der Waals surface area contributed by atoms with E-state index in [0.717, 1.165) is 36.2 Å². The number of carbonyl (C=O) groups excluding carboxylic acids is 2. The van der Waals surface area contributed by atoms with Crippen LogP contribution >= 0.6 is 0 Å². The number of rotatable bonds is 11. The lowest BCUT2D eigenvalue weighted by Gasteiger charge is -2.28. The molecule has 1 fully saturated rings. The van der Waals surface area contributed by atoms with E-state index in [9.17, 15) is 22.4 Å².